The molecular weight excluding hydrogens is 273 g/mol. The smallest absolute Gasteiger partial charge is 0.335 e. The van der Waals surface area contributed by atoms with E-state index in [1.54, 1.807) is 6.92 Å². The van der Waals surface area contributed by atoms with Gasteiger partial charge in [0.2, 0.25) is 10.0 Å². The molecule has 1 aromatic rings. The number of nitrogens with one attached hydrogen (secondary N) is 1. The second-order valence-corrected chi connectivity index (χ2v) is 5.94. The fourth-order valence-corrected chi connectivity index (χ4v) is 3.01. The van der Waals surface area contributed by atoms with Crippen LogP contribution in [0.1, 0.15) is 37.0 Å². The highest BCUT2D eigenvalue weighted by atomic mass is 32.2. The molecule has 0 saturated carbocycles. The number of hydrogen-bond acceptors (Lipinski definition) is 3. The fraction of sp³-hybridized carbons (Fsp3) is 0.417. The van der Waals surface area contributed by atoms with Crippen molar-refractivity contribution in [2.24, 2.45) is 0 Å². The molecule has 5 nitrogen and oxygen atoms in total. The Morgan fingerprint density at radius 3 is 2.58 bits per heavy atom. The van der Waals surface area contributed by atoms with Crippen molar-refractivity contribution in [3.05, 3.63) is 29.6 Å². The first-order valence-corrected chi connectivity index (χ1v) is 7.31. The molecule has 19 heavy (non-hydrogen) atoms. The van der Waals surface area contributed by atoms with Crippen LogP contribution in [0, 0.1) is 5.82 Å². The van der Waals surface area contributed by atoms with Gasteiger partial charge in [0.1, 0.15) is 10.7 Å². The summed E-state index contributed by atoms with van der Waals surface area (Å²) in [6, 6.07) is 2.40. The molecule has 0 heterocycles. The predicted octanol–water partition coefficient (Wildman–Crippen LogP) is 1.99. The molecule has 0 fully saturated rings. The number of hydrogen-bond donors (Lipinski definition) is 2. The van der Waals surface area contributed by atoms with Crippen molar-refractivity contribution >= 4 is 16.0 Å². The molecule has 0 aliphatic rings. The topological polar surface area (TPSA) is 83.5 Å². The van der Waals surface area contributed by atoms with E-state index in [0.717, 1.165) is 18.6 Å². The number of carbonyl (C=O) groups is 1. The van der Waals surface area contributed by atoms with Crippen LogP contribution >= 0.6 is 0 Å². The Hall–Kier alpha value is -1.47. The maximum Gasteiger partial charge on any atom is 0.335 e. The summed E-state index contributed by atoms with van der Waals surface area (Å²) < 4.78 is 39.8. The van der Waals surface area contributed by atoms with Crippen LogP contribution in [-0.4, -0.2) is 25.5 Å². The van der Waals surface area contributed by atoms with Gasteiger partial charge in [-0.1, -0.05) is 13.3 Å². The molecule has 0 amide bonds. The van der Waals surface area contributed by atoms with Crippen molar-refractivity contribution in [2.75, 3.05) is 0 Å². The molecule has 0 saturated heterocycles. The third kappa shape index (κ3) is 4.00. The molecule has 0 aliphatic carbocycles. The van der Waals surface area contributed by atoms with E-state index < -0.39 is 26.7 Å². The van der Waals surface area contributed by atoms with E-state index in [1.165, 1.54) is 0 Å². The van der Waals surface area contributed by atoms with Crippen LogP contribution in [0.15, 0.2) is 23.1 Å². The third-order valence-corrected chi connectivity index (χ3v) is 4.17. The lowest BCUT2D eigenvalue weighted by Gasteiger charge is -2.13. The van der Waals surface area contributed by atoms with Crippen LogP contribution in [0.3, 0.4) is 0 Å². The van der Waals surface area contributed by atoms with E-state index in [1.807, 2.05) is 6.92 Å². The molecule has 1 atom stereocenters. The minimum absolute atomic E-state index is 0.293. The summed E-state index contributed by atoms with van der Waals surface area (Å²) in [5, 5.41) is 8.69. The zero-order valence-corrected chi connectivity index (χ0v) is 11.5. The minimum atomic E-state index is -3.97. The highest BCUT2D eigenvalue weighted by Crippen LogP contribution is 2.17. The average Bonchev–Trinajstić information content (AvgIpc) is 2.27. The van der Waals surface area contributed by atoms with E-state index in [9.17, 15) is 17.6 Å². The molecule has 0 spiro atoms. The lowest BCUT2D eigenvalue weighted by Crippen LogP contribution is -2.33. The Labute approximate surface area is 111 Å². The van der Waals surface area contributed by atoms with Crippen molar-refractivity contribution in [2.45, 2.75) is 37.6 Å². The van der Waals surface area contributed by atoms with Crippen molar-refractivity contribution < 1.29 is 22.7 Å². The number of aromatic carboxylic acids is 1. The Morgan fingerprint density at radius 1 is 1.47 bits per heavy atom. The summed E-state index contributed by atoms with van der Waals surface area (Å²) in [5.41, 5.74) is -0.293. The van der Waals surface area contributed by atoms with Gasteiger partial charge in [-0.3, -0.25) is 0 Å². The van der Waals surface area contributed by atoms with Crippen LogP contribution in [0.4, 0.5) is 4.39 Å². The predicted molar refractivity (Wildman–Crippen MR) is 68.1 cm³/mol. The third-order valence-electron chi connectivity index (χ3n) is 2.55. The van der Waals surface area contributed by atoms with Gasteiger partial charge < -0.3 is 5.11 Å². The van der Waals surface area contributed by atoms with E-state index in [4.69, 9.17) is 5.11 Å². The van der Waals surface area contributed by atoms with E-state index in [2.05, 4.69) is 4.72 Å². The molecule has 1 rings (SSSR count). The first-order chi connectivity index (χ1) is 8.77. The van der Waals surface area contributed by atoms with Gasteiger partial charge in [-0.25, -0.2) is 22.3 Å². The second kappa shape index (κ2) is 6.12. The largest absolute Gasteiger partial charge is 0.478 e. The monoisotopic (exact) mass is 289 g/mol. The molecule has 1 aromatic carbocycles. The quantitative estimate of drug-likeness (QED) is 0.839. The maximum absolute atomic E-state index is 13.7. The Kier molecular flexibility index (Phi) is 5.02. The van der Waals surface area contributed by atoms with E-state index >= 15 is 0 Å². The molecule has 0 radical (unpaired) electrons. The average molecular weight is 289 g/mol. The van der Waals surface area contributed by atoms with Crippen LogP contribution < -0.4 is 4.72 Å². The Bertz CT molecular complexity index is 571. The van der Waals surface area contributed by atoms with Gasteiger partial charge in [-0.05, 0) is 31.5 Å². The second-order valence-electron chi connectivity index (χ2n) is 4.26. The van der Waals surface area contributed by atoms with Crippen LogP contribution in [0.2, 0.25) is 0 Å². The molecule has 1 unspecified atom stereocenters. The zero-order valence-electron chi connectivity index (χ0n) is 10.7. The molecule has 0 bridgehead atoms. The van der Waals surface area contributed by atoms with Crippen LogP contribution in [-0.2, 0) is 10.0 Å². The summed E-state index contributed by atoms with van der Waals surface area (Å²) in [6.07, 6.45) is 1.43. The van der Waals surface area contributed by atoms with E-state index in [-0.39, 0.29) is 11.6 Å². The Morgan fingerprint density at radius 2 is 2.11 bits per heavy atom. The van der Waals surface area contributed by atoms with E-state index in [0.29, 0.717) is 12.5 Å². The summed E-state index contributed by atoms with van der Waals surface area (Å²) in [4.78, 5) is 10.1. The summed E-state index contributed by atoms with van der Waals surface area (Å²) in [6.45, 7) is 3.59. The molecule has 0 aliphatic heterocycles. The Balaban J connectivity index is 3.05. The van der Waals surface area contributed by atoms with Crippen LogP contribution in [0.5, 0.6) is 0 Å². The van der Waals surface area contributed by atoms with Crippen LogP contribution in [0.25, 0.3) is 0 Å². The van der Waals surface area contributed by atoms with Gasteiger partial charge in [0.15, 0.2) is 0 Å². The number of carboxylic acids is 1. The standard InChI is InChI=1S/C12H16FNO4S/c1-3-4-8(2)14-19(17,18)11-6-5-9(12(15)16)7-10(11)13/h5-8,14H,3-4H2,1-2H3,(H,15,16). The highest BCUT2D eigenvalue weighted by molar-refractivity contribution is 7.89. The van der Waals surface area contributed by atoms with Crippen molar-refractivity contribution in [1.82, 2.24) is 4.72 Å². The first-order valence-electron chi connectivity index (χ1n) is 5.83. The lowest BCUT2D eigenvalue weighted by atomic mass is 10.2. The van der Waals surface area contributed by atoms with Gasteiger partial charge in [-0.15, -0.1) is 0 Å². The molecule has 2 N–H and O–H groups in total. The normalized spacial score (nSPS) is 13.2. The number of halogens is 1. The van der Waals surface area contributed by atoms with Gasteiger partial charge in [0.05, 0.1) is 5.56 Å². The lowest BCUT2D eigenvalue weighted by molar-refractivity contribution is 0.0696. The van der Waals surface area contributed by atoms with Crippen molar-refractivity contribution in [3.8, 4) is 0 Å². The molecule has 7 heteroatoms. The number of carboxylic acid groups (broad SMARTS) is 1. The SMILES string of the molecule is CCCC(C)NS(=O)(=O)c1ccc(C(=O)O)cc1F. The molecular formula is C12H16FNO4S. The highest BCUT2D eigenvalue weighted by Gasteiger charge is 2.22. The minimum Gasteiger partial charge on any atom is -0.478 e. The van der Waals surface area contributed by atoms with Gasteiger partial charge in [-0.2, -0.15) is 0 Å². The molecule has 0 aromatic heterocycles. The van der Waals surface area contributed by atoms with Gasteiger partial charge in [0.25, 0.3) is 0 Å². The number of benzene rings is 1. The summed E-state index contributed by atoms with van der Waals surface area (Å²) >= 11 is 0. The van der Waals surface area contributed by atoms with Gasteiger partial charge >= 0.3 is 5.97 Å². The summed E-state index contributed by atoms with van der Waals surface area (Å²) in [5.74, 6) is -2.38. The molecule has 106 valence electrons. The summed E-state index contributed by atoms with van der Waals surface area (Å²) in [7, 11) is -3.97. The van der Waals surface area contributed by atoms with Crippen molar-refractivity contribution in [3.63, 3.8) is 0 Å². The zero-order chi connectivity index (χ0) is 14.6. The first kappa shape index (κ1) is 15.6. The number of sulfonamides is 1. The fourth-order valence-electron chi connectivity index (χ4n) is 1.67. The van der Waals surface area contributed by atoms with Crippen molar-refractivity contribution in [1.29, 1.82) is 0 Å². The number of rotatable bonds is 6. The van der Waals surface area contributed by atoms with Gasteiger partial charge in [0, 0.05) is 6.04 Å². The maximum atomic E-state index is 13.7.